The van der Waals surface area contributed by atoms with Crippen molar-refractivity contribution in [2.75, 3.05) is 0 Å². The van der Waals surface area contributed by atoms with E-state index >= 15 is 0 Å². The molecule has 12 atom stereocenters. The maximum atomic E-state index is 11.5. The molecule has 0 aromatic carbocycles. The molecule has 172 valence electrons. The van der Waals surface area contributed by atoms with Crippen molar-refractivity contribution in [3.05, 3.63) is 0 Å². The molecule has 6 nitrogen and oxygen atoms in total. The second kappa shape index (κ2) is 7.72. The predicted molar refractivity (Wildman–Crippen MR) is 111 cm³/mol. The second-order valence-corrected chi connectivity index (χ2v) is 11.5. The molecule has 4 aliphatic rings. The van der Waals surface area contributed by atoms with E-state index in [0.717, 1.165) is 12.8 Å². The highest BCUT2D eigenvalue weighted by molar-refractivity contribution is 5.66. The topological polar surface area (TPSA) is 118 Å². The van der Waals surface area contributed by atoms with E-state index in [1.807, 2.05) is 0 Å². The summed E-state index contributed by atoms with van der Waals surface area (Å²) in [5.41, 5.74) is -0.721. The van der Waals surface area contributed by atoms with Crippen molar-refractivity contribution >= 4 is 5.97 Å². The van der Waals surface area contributed by atoms with Crippen LogP contribution in [0.4, 0.5) is 0 Å². The molecule has 0 amide bonds. The zero-order valence-electron chi connectivity index (χ0n) is 18.6. The smallest absolute Gasteiger partial charge is 0.303 e. The Labute approximate surface area is 179 Å². The Balaban J connectivity index is 1.63. The van der Waals surface area contributed by atoms with Gasteiger partial charge in [0.25, 0.3) is 0 Å². The number of aliphatic hydroxyl groups excluding tert-OH is 4. The first-order valence-corrected chi connectivity index (χ1v) is 11.9. The zero-order valence-corrected chi connectivity index (χ0v) is 18.6. The summed E-state index contributed by atoms with van der Waals surface area (Å²) < 4.78 is 0. The molecule has 0 aromatic rings. The number of rotatable bonds is 4. The van der Waals surface area contributed by atoms with Gasteiger partial charge in [0.15, 0.2) is 0 Å². The first kappa shape index (κ1) is 22.5. The van der Waals surface area contributed by atoms with Crippen molar-refractivity contribution in [2.45, 2.75) is 96.6 Å². The standard InChI is InChI=1S/C24H40O6/c1-12(4-7-21(29)30)15-5-6-16-22-17(11-20(28)24(15,16)3)23(2)13(9-18(22)26)8-14(25)10-19(23)27/h12-20,22,25-28H,4-11H2,1-3H3,(H,29,30)/t12-,13+,14+,15-,16+,17?,18-,19-,20+,22?,23+,24-/m1/s1. The average Bonchev–Trinajstić information content (AvgIpc) is 3.01. The average molecular weight is 425 g/mol. The van der Waals surface area contributed by atoms with E-state index in [-0.39, 0.29) is 47.3 Å². The van der Waals surface area contributed by atoms with Crippen molar-refractivity contribution in [1.29, 1.82) is 0 Å². The Morgan fingerprint density at radius 1 is 0.933 bits per heavy atom. The van der Waals surface area contributed by atoms with E-state index in [9.17, 15) is 25.2 Å². The summed E-state index contributed by atoms with van der Waals surface area (Å²) in [6.07, 6.45) is 2.68. The van der Waals surface area contributed by atoms with Crippen LogP contribution in [0.2, 0.25) is 0 Å². The highest BCUT2D eigenvalue weighted by Gasteiger charge is 2.67. The van der Waals surface area contributed by atoms with Crippen LogP contribution in [0.3, 0.4) is 0 Å². The van der Waals surface area contributed by atoms with E-state index in [0.29, 0.717) is 32.1 Å². The van der Waals surface area contributed by atoms with Crippen molar-refractivity contribution in [1.82, 2.24) is 0 Å². The number of carboxylic acids is 1. The molecule has 0 saturated heterocycles. The Kier molecular flexibility index (Phi) is 5.79. The normalized spacial score (nSPS) is 54.0. The van der Waals surface area contributed by atoms with Gasteiger partial charge in [0.05, 0.1) is 24.4 Å². The maximum absolute atomic E-state index is 11.5. The van der Waals surface area contributed by atoms with E-state index in [1.165, 1.54) is 0 Å². The molecule has 4 fully saturated rings. The number of carboxylic acid groups (broad SMARTS) is 1. The first-order valence-electron chi connectivity index (χ1n) is 11.9. The van der Waals surface area contributed by atoms with Crippen molar-refractivity contribution in [2.24, 2.45) is 46.3 Å². The summed E-state index contributed by atoms with van der Waals surface area (Å²) in [5, 5.41) is 53.1. The van der Waals surface area contributed by atoms with Crippen LogP contribution in [0.15, 0.2) is 0 Å². The molecule has 5 N–H and O–H groups in total. The van der Waals surface area contributed by atoms with Gasteiger partial charge >= 0.3 is 5.97 Å². The van der Waals surface area contributed by atoms with Gasteiger partial charge < -0.3 is 25.5 Å². The number of aliphatic carboxylic acids is 1. The van der Waals surface area contributed by atoms with E-state index in [2.05, 4.69) is 20.8 Å². The summed E-state index contributed by atoms with van der Waals surface area (Å²) in [6.45, 7) is 6.39. The van der Waals surface area contributed by atoms with Gasteiger partial charge in [-0.05, 0) is 91.3 Å². The van der Waals surface area contributed by atoms with Crippen molar-refractivity contribution < 1.29 is 30.3 Å². The van der Waals surface area contributed by atoms with Gasteiger partial charge in [0.1, 0.15) is 0 Å². The molecule has 4 aliphatic carbocycles. The molecule has 30 heavy (non-hydrogen) atoms. The minimum atomic E-state index is -0.777. The largest absolute Gasteiger partial charge is 0.481 e. The molecule has 0 aromatic heterocycles. The lowest BCUT2D eigenvalue weighted by Gasteiger charge is -2.64. The zero-order chi connectivity index (χ0) is 22.0. The lowest BCUT2D eigenvalue weighted by atomic mass is 9.42. The molecule has 4 rings (SSSR count). The molecular formula is C24H40O6. The third kappa shape index (κ3) is 3.16. The van der Waals surface area contributed by atoms with Gasteiger partial charge in [-0.15, -0.1) is 0 Å². The first-order chi connectivity index (χ1) is 14.0. The third-order valence-corrected chi connectivity index (χ3v) is 10.4. The molecule has 6 heteroatoms. The number of fused-ring (bicyclic) bond motifs is 5. The van der Waals surface area contributed by atoms with E-state index in [1.54, 1.807) is 0 Å². The molecule has 0 spiro atoms. The van der Waals surface area contributed by atoms with Gasteiger partial charge in [-0.3, -0.25) is 4.79 Å². The Morgan fingerprint density at radius 3 is 2.27 bits per heavy atom. The molecular weight excluding hydrogens is 384 g/mol. The number of hydrogen-bond acceptors (Lipinski definition) is 5. The molecule has 0 heterocycles. The van der Waals surface area contributed by atoms with Crippen LogP contribution in [0.5, 0.6) is 0 Å². The Hall–Kier alpha value is -0.690. The fourth-order valence-corrected chi connectivity index (χ4v) is 8.76. The summed E-state index contributed by atoms with van der Waals surface area (Å²) >= 11 is 0. The van der Waals surface area contributed by atoms with Crippen LogP contribution >= 0.6 is 0 Å². The molecule has 0 radical (unpaired) electrons. The summed E-state index contributed by atoms with van der Waals surface area (Å²) in [7, 11) is 0. The van der Waals surface area contributed by atoms with Crippen LogP contribution in [-0.4, -0.2) is 55.9 Å². The van der Waals surface area contributed by atoms with E-state index < -0.39 is 35.8 Å². The highest BCUT2D eigenvalue weighted by Crippen LogP contribution is 2.68. The van der Waals surface area contributed by atoms with Gasteiger partial charge in [0, 0.05) is 6.42 Å². The van der Waals surface area contributed by atoms with Crippen LogP contribution in [0, 0.1) is 46.3 Å². The lowest BCUT2D eigenvalue weighted by molar-refractivity contribution is -0.234. The van der Waals surface area contributed by atoms with Gasteiger partial charge in [0.2, 0.25) is 0 Å². The Bertz CT molecular complexity index is 668. The maximum Gasteiger partial charge on any atom is 0.303 e. The molecule has 0 aliphatic heterocycles. The fourth-order valence-electron chi connectivity index (χ4n) is 8.76. The summed E-state index contributed by atoms with van der Waals surface area (Å²) in [6, 6.07) is 0. The van der Waals surface area contributed by atoms with Crippen LogP contribution in [0.25, 0.3) is 0 Å². The van der Waals surface area contributed by atoms with Crippen LogP contribution in [0.1, 0.15) is 72.1 Å². The van der Waals surface area contributed by atoms with Crippen molar-refractivity contribution in [3.63, 3.8) is 0 Å². The van der Waals surface area contributed by atoms with Crippen molar-refractivity contribution in [3.8, 4) is 0 Å². The third-order valence-electron chi connectivity index (χ3n) is 10.4. The SMILES string of the molecule is C[C@H](CCC(=O)O)[C@H]1CC[C@H]2C3C(C[C@H](O)[C@]12C)[C@]1(C)[C@@H](C[C@H](O)C[C@H]1O)C[C@H]3O. The minimum Gasteiger partial charge on any atom is -0.481 e. The van der Waals surface area contributed by atoms with Gasteiger partial charge in [-0.25, -0.2) is 0 Å². The number of carbonyl (C=O) groups is 1. The number of aliphatic hydroxyl groups is 4. The lowest BCUT2D eigenvalue weighted by Crippen LogP contribution is -2.65. The van der Waals surface area contributed by atoms with Crippen LogP contribution in [-0.2, 0) is 4.79 Å². The molecule has 0 bridgehead atoms. The quantitative estimate of drug-likeness (QED) is 0.473. The summed E-state index contributed by atoms with van der Waals surface area (Å²) in [5.74, 6) is -0.00131. The Morgan fingerprint density at radius 2 is 1.60 bits per heavy atom. The minimum absolute atomic E-state index is 0.0369. The second-order valence-electron chi connectivity index (χ2n) is 11.5. The highest BCUT2D eigenvalue weighted by atomic mass is 16.4. The fraction of sp³-hybridized carbons (Fsp3) is 0.958. The van der Waals surface area contributed by atoms with E-state index in [4.69, 9.17) is 5.11 Å². The number of hydrogen-bond donors (Lipinski definition) is 5. The monoisotopic (exact) mass is 424 g/mol. The van der Waals surface area contributed by atoms with Gasteiger partial charge in [-0.2, -0.15) is 0 Å². The van der Waals surface area contributed by atoms with Crippen LogP contribution < -0.4 is 0 Å². The molecule has 4 saturated carbocycles. The molecule has 2 unspecified atom stereocenters. The predicted octanol–water partition coefficient (Wildman–Crippen LogP) is 2.42. The summed E-state index contributed by atoms with van der Waals surface area (Å²) in [4.78, 5) is 11.1. The van der Waals surface area contributed by atoms with Gasteiger partial charge in [-0.1, -0.05) is 20.8 Å².